The van der Waals surface area contributed by atoms with Gasteiger partial charge in [0.2, 0.25) is 0 Å². The minimum Gasteiger partial charge on any atom is -0.456 e. The lowest BCUT2D eigenvalue weighted by Crippen LogP contribution is -2.79. The molecule has 3 aliphatic carbocycles. The number of aliphatic hydroxyl groups excluding tert-OH is 1. The van der Waals surface area contributed by atoms with Gasteiger partial charge in [0.05, 0.1) is 42.9 Å². The van der Waals surface area contributed by atoms with Crippen molar-refractivity contribution in [3.8, 4) is 0 Å². The number of amides is 1. The van der Waals surface area contributed by atoms with Crippen LogP contribution in [0.15, 0.2) is 71.8 Å². The summed E-state index contributed by atoms with van der Waals surface area (Å²) in [6, 6.07) is 16.4. The number of aliphatic hydroxyl groups is 2. The third-order valence-corrected chi connectivity index (χ3v) is 21.7. The molecule has 13 atom stereocenters. The Kier molecular flexibility index (Phi) is 14.6. The standard InChI is InChI=1S/C54H76N2O14Si/c1-31(2)64-49(61)55-41(34-19-15-13-16-20-34)43(70-71(11,12)50(5,6)7)48(60)65-37-27-54(62)46(68-47(59)35-21-17-14-18-22-35)44-52(10,25-23-38-53(44,30-63-38)69-33(4)58)45-42(40(32(37)3)51(54,8)9)66-39(67-45)28-56-26-24-36(56)29-57/h13-22,31,36-39,41-46,57,62H,23-30H2,1-12H3,(H,55,61)/t36-,37-,38+,39+,41-,42+,43+,44-,45+,46-,52+,53-,54+/m0/s1. The molecule has 2 aromatic rings. The second-order valence-electron chi connectivity index (χ2n) is 23.3. The Bertz CT molecular complexity index is 2340. The summed E-state index contributed by atoms with van der Waals surface area (Å²) in [5, 5.41) is 27.0. The number of nitrogens with zero attached hydrogens (tertiary/aromatic N) is 1. The molecule has 5 fully saturated rings. The molecule has 0 aromatic heterocycles. The van der Waals surface area contributed by atoms with E-state index in [-0.39, 0.29) is 36.3 Å². The molecule has 0 spiro atoms. The predicted molar refractivity (Wildman–Crippen MR) is 263 cm³/mol. The van der Waals surface area contributed by atoms with E-state index >= 15 is 4.79 Å². The van der Waals surface area contributed by atoms with Crippen molar-refractivity contribution in [2.75, 3.05) is 26.3 Å². The quantitative estimate of drug-likeness (QED) is 0.0745. The maximum Gasteiger partial charge on any atom is 0.407 e. The summed E-state index contributed by atoms with van der Waals surface area (Å²) < 4.78 is 53.2. The Labute approximate surface area is 419 Å². The molecule has 8 rings (SSSR count). The highest BCUT2D eigenvalue weighted by Gasteiger charge is 2.77. The summed E-state index contributed by atoms with van der Waals surface area (Å²) in [5.41, 5.74) is -3.68. The monoisotopic (exact) mass is 1000 g/mol. The highest BCUT2D eigenvalue weighted by atomic mass is 28.4. The number of esters is 3. The predicted octanol–water partition coefficient (Wildman–Crippen LogP) is 7.17. The van der Waals surface area contributed by atoms with Gasteiger partial charge in [0.15, 0.2) is 26.3 Å². The van der Waals surface area contributed by atoms with Crippen LogP contribution in [0.4, 0.5) is 4.79 Å². The third kappa shape index (κ3) is 9.51. The zero-order chi connectivity index (χ0) is 51.6. The van der Waals surface area contributed by atoms with Crippen LogP contribution in [0.25, 0.3) is 0 Å². The Morgan fingerprint density at radius 1 is 0.958 bits per heavy atom. The minimum atomic E-state index is -2.85. The van der Waals surface area contributed by atoms with E-state index in [1.807, 2.05) is 59.0 Å². The van der Waals surface area contributed by atoms with Gasteiger partial charge in [-0.3, -0.25) is 9.69 Å². The Morgan fingerprint density at radius 3 is 2.18 bits per heavy atom. The normalized spacial score (nSPS) is 34.1. The van der Waals surface area contributed by atoms with E-state index < -0.39 is 115 Å². The van der Waals surface area contributed by atoms with Crippen molar-refractivity contribution >= 4 is 32.3 Å². The molecule has 2 aromatic carbocycles. The average Bonchev–Trinajstić information content (AvgIpc) is 3.70. The van der Waals surface area contributed by atoms with Gasteiger partial charge in [-0.05, 0) is 87.0 Å². The van der Waals surface area contributed by atoms with Gasteiger partial charge in [-0.15, -0.1) is 0 Å². The minimum absolute atomic E-state index is 0.0167. The van der Waals surface area contributed by atoms with Gasteiger partial charge in [-0.1, -0.05) is 90.1 Å². The first-order valence-electron chi connectivity index (χ1n) is 25.3. The first-order chi connectivity index (χ1) is 33.3. The molecule has 0 unspecified atom stereocenters. The van der Waals surface area contributed by atoms with Crippen molar-refractivity contribution in [2.45, 2.75) is 185 Å². The summed E-state index contributed by atoms with van der Waals surface area (Å²) in [6.07, 6.45) is -6.71. The van der Waals surface area contributed by atoms with E-state index in [2.05, 4.69) is 31.0 Å². The Balaban J connectivity index is 1.31. The number of nitrogens with one attached hydrogen (secondary N) is 1. The molecular formula is C54H76N2O14Si. The van der Waals surface area contributed by atoms with Gasteiger partial charge in [0.25, 0.3) is 0 Å². The van der Waals surface area contributed by atoms with E-state index in [9.17, 15) is 24.6 Å². The van der Waals surface area contributed by atoms with Crippen LogP contribution < -0.4 is 5.32 Å². The van der Waals surface area contributed by atoms with E-state index in [1.54, 1.807) is 56.3 Å². The van der Waals surface area contributed by atoms with E-state index in [0.717, 1.165) is 13.0 Å². The molecule has 17 heteroatoms. The fourth-order valence-corrected chi connectivity index (χ4v) is 13.4. The third-order valence-electron chi connectivity index (χ3n) is 17.2. The van der Waals surface area contributed by atoms with Crippen molar-refractivity contribution < 1.29 is 67.0 Å². The van der Waals surface area contributed by atoms with Gasteiger partial charge in [-0.25, -0.2) is 14.4 Å². The maximum absolute atomic E-state index is 15.6. The molecule has 3 saturated heterocycles. The molecule has 1 amide bonds. The van der Waals surface area contributed by atoms with Crippen LogP contribution in [-0.4, -0.2) is 140 Å². The number of alkyl carbamates (subject to hydrolysis) is 1. The lowest BCUT2D eigenvalue weighted by atomic mass is 9.45. The Hall–Kier alpha value is -4.20. The molecule has 6 aliphatic rings. The van der Waals surface area contributed by atoms with Gasteiger partial charge >= 0.3 is 24.0 Å². The van der Waals surface area contributed by atoms with Crippen molar-refractivity contribution in [2.24, 2.45) is 16.7 Å². The smallest absolute Gasteiger partial charge is 0.407 e. The van der Waals surface area contributed by atoms with Crippen LogP contribution in [0, 0.1) is 16.7 Å². The number of likely N-dealkylation sites (tertiary alicyclic amines) is 1. The molecule has 0 radical (unpaired) electrons. The summed E-state index contributed by atoms with van der Waals surface area (Å²) in [5.74, 6) is -3.01. The van der Waals surface area contributed by atoms with E-state index in [0.29, 0.717) is 36.1 Å². The highest BCUT2D eigenvalue weighted by molar-refractivity contribution is 6.74. The highest BCUT2D eigenvalue weighted by Crippen LogP contribution is 2.67. The maximum atomic E-state index is 15.6. The first kappa shape index (κ1) is 53.1. The molecule has 2 bridgehead atoms. The molecule has 3 heterocycles. The summed E-state index contributed by atoms with van der Waals surface area (Å²) in [4.78, 5) is 59.3. The number of hydrogen-bond acceptors (Lipinski definition) is 15. The fraction of sp³-hybridized carbons (Fsp3) is 0.667. The van der Waals surface area contributed by atoms with Crippen molar-refractivity contribution in [1.82, 2.24) is 10.2 Å². The van der Waals surface area contributed by atoms with Gasteiger partial charge in [0, 0.05) is 43.3 Å². The van der Waals surface area contributed by atoms with Crippen LogP contribution in [0.3, 0.4) is 0 Å². The van der Waals surface area contributed by atoms with Crippen molar-refractivity contribution in [1.29, 1.82) is 0 Å². The lowest BCUT2D eigenvalue weighted by molar-refractivity contribution is -0.345. The molecule has 71 heavy (non-hydrogen) atoms. The van der Waals surface area contributed by atoms with Crippen LogP contribution in [0.5, 0.6) is 0 Å². The first-order valence-corrected chi connectivity index (χ1v) is 28.3. The number of rotatable bonds is 14. The van der Waals surface area contributed by atoms with Crippen molar-refractivity contribution in [3.63, 3.8) is 0 Å². The summed E-state index contributed by atoms with van der Waals surface area (Å²) >= 11 is 0. The summed E-state index contributed by atoms with van der Waals surface area (Å²) in [7, 11) is -2.85. The SMILES string of the molecule is CC(=O)O[C@@]12CO[C@@H]1CC[C@@]1(C)[C@@H]3O[C@H](CN4CC[C@H]4CO)O[C@@H]3C3=C(C)[C@@H](OC(=O)[C@H](O[Si](C)(C)C(C)(C)C)[C@@H](NC(=O)OC(C)C)c4ccccc4)C[C@@](O)([C@@H](OC(=O)c4ccccc4)[C@@H]12)C3(C)C. The number of fused-ring (bicyclic) bond motifs is 8. The molecule has 390 valence electrons. The van der Waals surface area contributed by atoms with Crippen LogP contribution in [-0.2, 0) is 47.2 Å². The second kappa shape index (κ2) is 19.6. The topological polar surface area (TPSA) is 198 Å². The van der Waals surface area contributed by atoms with Crippen molar-refractivity contribution in [3.05, 3.63) is 82.9 Å². The number of hydrogen-bond donors (Lipinski definition) is 3. The molecular weight excluding hydrogens is 929 g/mol. The lowest BCUT2D eigenvalue weighted by Gasteiger charge is -2.68. The number of carbonyl (C=O) groups is 4. The zero-order valence-corrected chi connectivity index (χ0v) is 44.5. The van der Waals surface area contributed by atoms with Crippen LogP contribution >= 0.6 is 0 Å². The van der Waals surface area contributed by atoms with Gasteiger partial charge in [0.1, 0.15) is 30.0 Å². The second-order valence-corrected chi connectivity index (χ2v) is 28.0. The fourth-order valence-electron chi connectivity index (χ4n) is 12.2. The molecule has 16 nitrogen and oxygen atoms in total. The largest absolute Gasteiger partial charge is 0.456 e. The van der Waals surface area contributed by atoms with Crippen LogP contribution in [0.1, 0.15) is 117 Å². The number of benzene rings is 2. The molecule has 3 N–H and O–H groups in total. The van der Waals surface area contributed by atoms with Gasteiger partial charge in [-0.2, -0.15) is 0 Å². The molecule has 3 aliphatic heterocycles. The van der Waals surface area contributed by atoms with Gasteiger partial charge < -0.3 is 53.1 Å². The molecule has 2 saturated carbocycles. The number of carbonyl (C=O) groups excluding carboxylic acids is 4. The van der Waals surface area contributed by atoms with Crippen LogP contribution in [0.2, 0.25) is 18.1 Å². The average molecular weight is 1010 g/mol. The zero-order valence-electron chi connectivity index (χ0n) is 43.5. The van der Waals surface area contributed by atoms with E-state index in [4.69, 9.17) is 37.6 Å². The Morgan fingerprint density at radius 2 is 1.62 bits per heavy atom. The van der Waals surface area contributed by atoms with E-state index in [1.165, 1.54) is 6.92 Å². The summed E-state index contributed by atoms with van der Waals surface area (Å²) in [6.45, 7) is 23.7. The number of ether oxygens (including phenoxy) is 7.